The van der Waals surface area contributed by atoms with Gasteiger partial charge in [0.15, 0.2) is 0 Å². The first-order valence-electron chi connectivity index (χ1n) is 7.01. The third kappa shape index (κ3) is 1.42. The molecule has 4 aliphatic carbocycles. The third-order valence-corrected chi connectivity index (χ3v) is 5.41. The van der Waals surface area contributed by atoms with Gasteiger partial charge in [-0.25, -0.2) is 0 Å². The lowest BCUT2D eigenvalue weighted by Crippen LogP contribution is -2.44. The summed E-state index contributed by atoms with van der Waals surface area (Å²) in [6.45, 7) is 0. The summed E-state index contributed by atoms with van der Waals surface area (Å²) >= 11 is 0. The van der Waals surface area contributed by atoms with Gasteiger partial charge >= 0.3 is 0 Å². The van der Waals surface area contributed by atoms with Crippen molar-refractivity contribution in [2.24, 2.45) is 23.7 Å². The number of nitrogen functional groups attached to an aromatic ring is 1. The molecule has 2 heteroatoms. The van der Waals surface area contributed by atoms with Crippen LogP contribution in [0.5, 0.6) is 0 Å². The molecular weight excluding hydrogens is 208 g/mol. The Morgan fingerprint density at radius 3 is 2.24 bits per heavy atom. The zero-order chi connectivity index (χ0) is 11.4. The molecule has 17 heavy (non-hydrogen) atoms. The van der Waals surface area contributed by atoms with Gasteiger partial charge in [0.25, 0.3) is 0 Å². The fourth-order valence-electron chi connectivity index (χ4n) is 5.08. The van der Waals surface area contributed by atoms with Crippen LogP contribution in [0.4, 0.5) is 5.69 Å². The van der Waals surface area contributed by atoms with E-state index in [-0.39, 0.29) is 0 Å². The molecule has 0 amide bonds. The molecule has 90 valence electrons. The molecule has 0 spiro atoms. The van der Waals surface area contributed by atoms with Gasteiger partial charge in [-0.15, -0.1) is 0 Å². The van der Waals surface area contributed by atoms with E-state index < -0.39 is 0 Å². The second-order valence-corrected chi connectivity index (χ2v) is 6.43. The Hall–Kier alpha value is -1.05. The van der Waals surface area contributed by atoms with E-state index in [0.29, 0.717) is 5.92 Å². The molecule has 1 aromatic rings. The second kappa shape index (κ2) is 3.47. The fourth-order valence-corrected chi connectivity index (χ4v) is 5.08. The van der Waals surface area contributed by atoms with Gasteiger partial charge in [0.2, 0.25) is 0 Å². The van der Waals surface area contributed by atoms with Crippen molar-refractivity contribution < 1.29 is 0 Å². The topological polar surface area (TPSA) is 38.9 Å². The summed E-state index contributed by atoms with van der Waals surface area (Å²) in [5.41, 5.74) is 8.27. The standard InChI is InChI=1S/C15H20N2/c16-13-2-1-3-17-15(13)14-11-5-9-4-10(7-11)8-12(14)6-9/h1-3,9-12,14H,4-8,16H2. The maximum Gasteiger partial charge on any atom is 0.0668 e. The minimum atomic E-state index is 0.670. The van der Waals surface area contributed by atoms with Gasteiger partial charge in [-0.05, 0) is 67.9 Å². The van der Waals surface area contributed by atoms with Crippen LogP contribution in [-0.2, 0) is 0 Å². The molecule has 5 rings (SSSR count). The number of anilines is 1. The lowest BCUT2D eigenvalue weighted by molar-refractivity contribution is -0.00389. The fraction of sp³-hybridized carbons (Fsp3) is 0.667. The number of nitrogens with two attached hydrogens (primary N) is 1. The van der Waals surface area contributed by atoms with Crippen molar-refractivity contribution in [3.05, 3.63) is 24.0 Å². The van der Waals surface area contributed by atoms with E-state index in [1.165, 1.54) is 37.8 Å². The summed E-state index contributed by atoms with van der Waals surface area (Å²) in [7, 11) is 0. The molecule has 0 aliphatic heterocycles. The van der Waals surface area contributed by atoms with Crippen LogP contribution in [0.2, 0.25) is 0 Å². The van der Waals surface area contributed by atoms with Crippen LogP contribution in [0.25, 0.3) is 0 Å². The molecule has 0 unspecified atom stereocenters. The monoisotopic (exact) mass is 228 g/mol. The number of rotatable bonds is 1. The lowest BCUT2D eigenvalue weighted by atomic mass is 9.51. The Kier molecular flexibility index (Phi) is 2.03. The predicted octanol–water partition coefficient (Wildman–Crippen LogP) is 3.20. The minimum Gasteiger partial charge on any atom is -0.397 e. The van der Waals surface area contributed by atoms with Crippen LogP contribution in [0, 0.1) is 23.7 Å². The van der Waals surface area contributed by atoms with Gasteiger partial charge in [-0.3, -0.25) is 4.98 Å². The first kappa shape index (κ1) is 9.93. The van der Waals surface area contributed by atoms with Crippen LogP contribution in [0.15, 0.2) is 18.3 Å². The van der Waals surface area contributed by atoms with E-state index in [4.69, 9.17) is 5.73 Å². The molecule has 2 nitrogen and oxygen atoms in total. The van der Waals surface area contributed by atoms with Crippen LogP contribution in [0.1, 0.15) is 43.7 Å². The maximum absolute atomic E-state index is 6.14. The Morgan fingerprint density at radius 2 is 1.65 bits per heavy atom. The number of hydrogen-bond donors (Lipinski definition) is 1. The molecule has 1 heterocycles. The average Bonchev–Trinajstić information content (AvgIpc) is 2.30. The number of aromatic nitrogens is 1. The summed E-state index contributed by atoms with van der Waals surface area (Å²) < 4.78 is 0. The summed E-state index contributed by atoms with van der Waals surface area (Å²) in [4.78, 5) is 4.60. The van der Waals surface area contributed by atoms with Crippen LogP contribution in [-0.4, -0.2) is 4.98 Å². The first-order valence-corrected chi connectivity index (χ1v) is 7.01. The third-order valence-electron chi connectivity index (χ3n) is 5.41. The van der Waals surface area contributed by atoms with Crippen LogP contribution < -0.4 is 5.73 Å². The molecule has 0 radical (unpaired) electrons. The summed E-state index contributed by atoms with van der Waals surface area (Å²) in [5, 5.41) is 0. The van der Waals surface area contributed by atoms with Gasteiger partial charge in [0.05, 0.1) is 11.4 Å². The summed E-state index contributed by atoms with van der Waals surface area (Å²) in [5.74, 6) is 4.48. The average molecular weight is 228 g/mol. The maximum atomic E-state index is 6.14. The van der Waals surface area contributed by atoms with Crippen molar-refractivity contribution in [3.8, 4) is 0 Å². The molecule has 1 aromatic heterocycles. The van der Waals surface area contributed by atoms with Crippen molar-refractivity contribution in [1.82, 2.24) is 4.98 Å². The van der Waals surface area contributed by atoms with E-state index >= 15 is 0 Å². The molecule has 4 aliphatic rings. The molecule has 4 saturated carbocycles. The van der Waals surface area contributed by atoms with Gasteiger partial charge in [0, 0.05) is 12.1 Å². The Balaban J connectivity index is 1.73. The van der Waals surface area contributed by atoms with E-state index in [9.17, 15) is 0 Å². The summed E-state index contributed by atoms with van der Waals surface area (Å²) in [6, 6.07) is 3.97. The van der Waals surface area contributed by atoms with E-state index in [1.807, 2.05) is 18.3 Å². The Morgan fingerprint density at radius 1 is 1.00 bits per heavy atom. The molecule has 0 aromatic carbocycles. The van der Waals surface area contributed by atoms with Crippen molar-refractivity contribution in [3.63, 3.8) is 0 Å². The molecule has 4 fully saturated rings. The highest BCUT2D eigenvalue weighted by Crippen LogP contribution is 2.59. The van der Waals surface area contributed by atoms with E-state index in [2.05, 4.69) is 4.98 Å². The number of nitrogens with zero attached hydrogens (tertiary/aromatic N) is 1. The molecule has 2 N–H and O–H groups in total. The van der Waals surface area contributed by atoms with Crippen LogP contribution in [0.3, 0.4) is 0 Å². The van der Waals surface area contributed by atoms with Crippen molar-refractivity contribution >= 4 is 5.69 Å². The predicted molar refractivity (Wildman–Crippen MR) is 68.4 cm³/mol. The van der Waals surface area contributed by atoms with Gasteiger partial charge in [0.1, 0.15) is 0 Å². The largest absolute Gasteiger partial charge is 0.397 e. The molecule has 0 atom stereocenters. The Labute approximate surface area is 103 Å². The van der Waals surface area contributed by atoms with E-state index in [1.54, 1.807) is 0 Å². The molecular formula is C15H20N2. The zero-order valence-corrected chi connectivity index (χ0v) is 10.2. The molecule has 0 saturated heterocycles. The highest BCUT2D eigenvalue weighted by atomic mass is 14.8. The van der Waals surface area contributed by atoms with Crippen molar-refractivity contribution in [1.29, 1.82) is 0 Å². The zero-order valence-electron chi connectivity index (χ0n) is 10.2. The van der Waals surface area contributed by atoms with Crippen molar-refractivity contribution in [2.45, 2.75) is 38.0 Å². The smallest absolute Gasteiger partial charge is 0.0668 e. The summed E-state index contributed by atoms with van der Waals surface area (Å²) in [6.07, 6.45) is 9.18. The van der Waals surface area contributed by atoms with Gasteiger partial charge in [-0.1, -0.05) is 0 Å². The highest BCUT2D eigenvalue weighted by molar-refractivity contribution is 5.45. The van der Waals surface area contributed by atoms with E-state index in [0.717, 1.165) is 29.4 Å². The quantitative estimate of drug-likeness (QED) is 0.801. The molecule has 4 bridgehead atoms. The lowest BCUT2D eigenvalue weighted by Gasteiger charge is -2.54. The normalized spacial score (nSPS) is 42.9. The number of hydrogen-bond acceptors (Lipinski definition) is 2. The SMILES string of the molecule is Nc1cccnc1C1C2CC3CC(C2)CC1C3. The highest BCUT2D eigenvalue weighted by Gasteiger charge is 2.49. The second-order valence-electron chi connectivity index (χ2n) is 6.43. The van der Waals surface area contributed by atoms with Gasteiger partial charge in [-0.2, -0.15) is 0 Å². The minimum absolute atomic E-state index is 0.670. The number of pyridine rings is 1. The first-order chi connectivity index (χ1) is 8.31. The van der Waals surface area contributed by atoms with Gasteiger partial charge < -0.3 is 5.73 Å². The van der Waals surface area contributed by atoms with Crippen LogP contribution >= 0.6 is 0 Å². The Bertz CT molecular complexity index is 412. The van der Waals surface area contributed by atoms with Crippen molar-refractivity contribution in [2.75, 3.05) is 5.73 Å².